The number of carboxylic acid groups (broad SMARTS) is 1. The molecule has 0 aliphatic carbocycles. The van der Waals surface area contributed by atoms with E-state index in [4.69, 9.17) is 5.11 Å². The molecule has 1 aliphatic rings. The van der Waals surface area contributed by atoms with Crippen LogP contribution in [0.4, 0.5) is 0 Å². The molecule has 14 heavy (non-hydrogen) atoms. The van der Waals surface area contributed by atoms with Gasteiger partial charge in [0.15, 0.2) is 0 Å². The first-order valence-corrected chi connectivity index (χ1v) is 4.79. The van der Waals surface area contributed by atoms with Crippen LogP contribution in [-0.2, 0) is 9.59 Å². The molecule has 0 bridgehead atoms. The van der Waals surface area contributed by atoms with E-state index in [2.05, 4.69) is 6.92 Å². The number of amides is 1. The summed E-state index contributed by atoms with van der Waals surface area (Å²) in [6.45, 7) is 3.64. The predicted molar refractivity (Wildman–Crippen MR) is 51.8 cm³/mol. The van der Waals surface area contributed by atoms with Gasteiger partial charge in [-0.15, -0.1) is 0 Å². The van der Waals surface area contributed by atoms with E-state index in [1.165, 1.54) is 0 Å². The zero-order valence-corrected chi connectivity index (χ0v) is 8.27. The molecule has 1 rings (SSSR count). The van der Waals surface area contributed by atoms with Gasteiger partial charge in [0.25, 0.3) is 0 Å². The van der Waals surface area contributed by atoms with Crippen molar-refractivity contribution in [2.24, 2.45) is 5.92 Å². The van der Waals surface area contributed by atoms with Crippen molar-refractivity contribution in [2.75, 3.05) is 13.1 Å². The van der Waals surface area contributed by atoms with Crippen LogP contribution in [0.2, 0.25) is 0 Å². The molecule has 1 N–H and O–H groups in total. The van der Waals surface area contributed by atoms with Gasteiger partial charge in [-0.05, 0) is 18.8 Å². The van der Waals surface area contributed by atoms with Crippen LogP contribution in [0.25, 0.3) is 0 Å². The van der Waals surface area contributed by atoms with Crippen LogP contribution in [0.5, 0.6) is 0 Å². The number of rotatable bonds is 2. The zero-order valence-electron chi connectivity index (χ0n) is 8.27. The summed E-state index contributed by atoms with van der Waals surface area (Å²) in [5.74, 6) is -0.606. The molecule has 1 aliphatic heterocycles. The molecule has 1 amide bonds. The van der Waals surface area contributed by atoms with Gasteiger partial charge in [0, 0.05) is 25.2 Å². The first-order chi connectivity index (χ1) is 6.59. The Kier molecular flexibility index (Phi) is 3.68. The summed E-state index contributed by atoms with van der Waals surface area (Å²) < 4.78 is 0. The van der Waals surface area contributed by atoms with Gasteiger partial charge in [-0.1, -0.05) is 6.92 Å². The Balaban J connectivity index is 2.42. The van der Waals surface area contributed by atoms with Crippen molar-refractivity contribution >= 4 is 11.9 Å². The Labute approximate surface area is 83.2 Å². The normalized spacial score (nSPS) is 18.8. The van der Waals surface area contributed by atoms with Gasteiger partial charge < -0.3 is 10.0 Å². The second-order valence-corrected chi connectivity index (χ2v) is 3.68. The van der Waals surface area contributed by atoms with Crippen molar-refractivity contribution in [1.29, 1.82) is 0 Å². The monoisotopic (exact) mass is 197 g/mol. The molecular weight excluding hydrogens is 182 g/mol. The van der Waals surface area contributed by atoms with E-state index in [0.717, 1.165) is 38.1 Å². The largest absolute Gasteiger partial charge is 0.478 e. The zero-order chi connectivity index (χ0) is 10.6. The van der Waals surface area contributed by atoms with Crippen molar-refractivity contribution in [2.45, 2.75) is 19.8 Å². The van der Waals surface area contributed by atoms with Crippen LogP contribution >= 0.6 is 0 Å². The molecule has 0 aromatic heterocycles. The summed E-state index contributed by atoms with van der Waals surface area (Å²) in [6, 6.07) is 0. The van der Waals surface area contributed by atoms with Gasteiger partial charge in [-0.25, -0.2) is 4.79 Å². The molecule has 0 saturated carbocycles. The number of aliphatic carboxylic acids is 1. The molecule has 0 atom stereocenters. The first-order valence-electron chi connectivity index (χ1n) is 4.79. The van der Waals surface area contributed by atoms with Crippen LogP contribution in [0.3, 0.4) is 0 Å². The van der Waals surface area contributed by atoms with Gasteiger partial charge in [-0.2, -0.15) is 0 Å². The van der Waals surface area contributed by atoms with E-state index in [9.17, 15) is 9.59 Å². The van der Waals surface area contributed by atoms with Gasteiger partial charge in [0.1, 0.15) is 0 Å². The number of hydrogen-bond donors (Lipinski definition) is 1. The molecule has 4 nitrogen and oxygen atoms in total. The Morgan fingerprint density at radius 2 is 1.86 bits per heavy atom. The van der Waals surface area contributed by atoms with E-state index in [1.807, 2.05) is 0 Å². The van der Waals surface area contributed by atoms with Crippen LogP contribution in [0.15, 0.2) is 12.2 Å². The van der Waals surface area contributed by atoms with Gasteiger partial charge in [0.2, 0.25) is 5.91 Å². The van der Waals surface area contributed by atoms with Gasteiger partial charge in [0.05, 0.1) is 0 Å². The lowest BCUT2D eigenvalue weighted by molar-refractivity contribution is -0.132. The van der Waals surface area contributed by atoms with E-state index in [0.29, 0.717) is 5.92 Å². The quantitative estimate of drug-likeness (QED) is 0.669. The molecule has 4 heteroatoms. The fourth-order valence-corrected chi connectivity index (χ4v) is 1.48. The highest BCUT2D eigenvalue weighted by Crippen LogP contribution is 2.15. The maximum atomic E-state index is 11.4. The third-order valence-corrected chi connectivity index (χ3v) is 2.46. The molecule has 1 heterocycles. The van der Waals surface area contributed by atoms with E-state index < -0.39 is 5.97 Å². The summed E-state index contributed by atoms with van der Waals surface area (Å²) in [7, 11) is 0. The Hall–Kier alpha value is -1.32. The highest BCUT2D eigenvalue weighted by Gasteiger charge is 2.18. The molecule has 78 valence electrons. The molecule has 0 spiro atoms. The molecule has 1 saturated heterocycles. The lowest BCUT2D eigenvalue weighted by Gasteiger charge is -2.29. The molecule has 0 radical (unpaired) electrons. The standard InChI is InChI=1S/C10H15NO3/c1-8-4-6-11(7-5-8)9(12)2-3-10(13)14/h2-3,8H,4-7H2,1H3,(H,13,14)/b3-2-. The Bertz CT molecular complexity index is 252. The maximum Gasteiger partial charge on any atom is 0.328 e. The summed E-state index contributed by atoms with van der Waals surface area (Å²) >= 11 is 0. The number of carboxylic acids is 1. The molecular formula is C10H15NO3. The molecule has 0 unspecified atom stereocenters. The van der Waals surface area contributed by atoms with Gasteiger partial charge in [-0.3, -0.25) is 4.79 Å². The summed E-state index contributed by atoms with van der Waals surface area (Å²) in [6.07, 6.45) is 4.03. The van der Waals surface area contributed by atoms with Crippen LogP contribution in [-0.4, -0.2) is 35.0 Å². The third-order valence-electron chi connectivity index (χ3n) is 2.46. The van der Waals surface area contributed by atoms with Crippen molar-refractivity contribution in [3.63, 3.8) is 0 Å². The summed E-state index contributed by atoms with van der Waals surface area (Å²) in [5, 5.41) is 8.35. The van der Waals surface area contributed by atoms with E-state index in [-0.39, 0.29) is 5.91 Å². The number of carbonyl (C=O) groups is 2. The van der Waals surface area contributed by atoms with Crippen LogP contribution in [0, 0.1) is 5.92 Å². The van der Waals surface area contributed by atoms with Crippen molar-refractivity contribution in [1.82, 2.24) is 4.90 Å². The third kappa shape index (κ3) is 3.20. The number of carbonyl (C=O) groups excluding carboxylic acids is 1. The average Bonchev–Trinajstić information content (AvgIpc) is 2.15. The number of hydrogen-bond acceptors (Lipinski definition) is 2. The minimum absolute atomic E-state index is 0.195. The minimum atomic E-state index is -1.08. The van der Waals surface area contributed by atoms with Crippen LogP contribution in [0.1, 0.15) is 19.8 Å². The lowest BCUT2D eigenvalue weighted by Crippen LogP contribution is -2.36. The van der Waals surface area contributed by atoms with E-state index >= 15 is 0 Å². The molecule has 0 aromatic carbocycles. The van der Waals surface area contributed by atoms with Crippen molar-refractivity contribution in [3.05, 3.63) is 12.2 Å². The Morgan fingerprint density at radius 3 is 2.36 bits per heavy atom. The van der Waals surface area contributed by atoms with E-state index in [1.54, 1.807) is 4.90 Å². The average molecular weight is 197 g/mol. The number of piperidine rings is 1. The fourth-order valence-electron chi connectivity index (χ4n) is 1.48. The number of likely N-dealkylation sites (tertiary alicyclic amines) is 1. The van der Waals surface area contributed by atoms with Crippen molar-refractivity contribution < 1.29 is 14.7 Å². The van der Waals surface area contributed by atoms with Crippen molar-refractivity contribution in [3.8, 4) is 0 Å². The second kappa shape index (κ2) is 4.79. The number of nitrogens with zero attached hydrogens (tertiary/aromatic N) is 1. The smallest absolute Gasteiger partial charge is 0.328 e. The SMILES string of the molecule is CC1CCN(C(=O)/C=C\C(=O)O)CC1. The van der Waals surface area contributed by atoms with Crippen LogP contribution < -0.4 is 0 Å². The second-order valence-electron chi connectivity index (χ2n) is 3.68. The molecule has 1 fully saturated rings. The topological polar surface area (TPSA) is 57.6 Å². The highest BCUT2D eigenvalue weighted by atomic mass is 16.4. The molecule has 0 aromatic rings. The maximum absolute atomic E-state index is 11.4. The summed E-state index contributed by atoms with van der Waals surface area (Å²) in [4.78, 5) is 23.3. The lowest BCUT2D eigenvalue weighted by atomic mass is 9.99. The Morgan fingerprint density at radius 1 is 1.29 bits per heavy atom. The minimum Gasteiger partial charge on any atom is -0.478 e. The highest BCUT2D eigenvalue weighted by molar-refractivity contribution is 5.93. The first kappa shape index (κ1) is 10.8. The fraction of sp³-hybridized carbons (Fsp3) is 0.600. The predicted octanol–water partition coefficient (Wildman–Crippen LogP) is 0.886. The summed E-state index contributed by atoms with van der Waals surface area (Å²) in [5.41, 5.74) is 0. The van der Waals surface area contributed by atoms with Gasteiger partial charge >= 0.3 is 5.97 Å².